The standard InChI is InChI=1S/C13H14Si.C10H20OSi.C8H12Si.C2H6.17CH6Si/c1-14(12-8-4-2-5-9-12)13-10-6-3-7-11-13;1-12(2)6-5-8-3-4-9-10(7-8)11-9;1-9(2)8-6-4-3-5-7-8;18*1-2/h2-11,14H,1H3;8-10,12H,3-7H2,1-2H3;3-7,9H,1-2H3;18*1-2H3. The molecule has 0 spiro atoms. The molecule has 3 atom stereocenters. The molecule has 0 N–H and O–H groups in total. The summed E-state index contributed by atoms with van der Waals surface area (Å²) in [6.45, 7) is 52.3. The Kier molecular flexibility index (Phi) is 238. The second-order valence-corrected chi connectivity index (χ2v) is 20.1. The van der Waals surface area contributed by atoms with Crippen LogP contribution in [0, 0.1) is 5.92 Å². The van der Waals surface area contributed by atoms with Crippen LogP contribution < -0.4 is 15.6 Å². The van der Waals surface area contributed by atoms with Crippen LogP contribution in [0.5, 0.6) is 0 Å². The van der Waals surface area contributed by atoms with Gasteiger partial charge in [-0.25, -0.2) is 0 Å². The summed E-state index contributed by atoms with van der Waals surface area (Å²) < 4.78 is 5.53. The van der Waals surface area contributed by atoms with Gasteiger partial charge < -0.3 is 4.74 Å². The fourth-order valence-corrected chi connectivity index (χ4v) is 8.95. The second kappa shape index (κ2) is 145. The van der Waals surface area contributed by atoms with Gasteiger partial charge in [0.25, 0.3) is 0 Å². The zero-order chi connectivity index (χ0) is 61.0. The van der Waals surface area contributed by atoms with Crippen LogP contribution in [0.1, 0.15) is 39.5 Å². The van der Waals surface area contributed by atoms with E-state index in [4.69, 9.17) is 4.74 Å². The maximum Gasteiger partial charge on any atom is 0.0997 e. The summed E-state index contributed by atoms with van der Waals surface area (Å²) in [5.74, 6) is 1.02. The highest BCUT2D eigenvalue weighted by Crippen LogP contribution is 2.41. The maximum atomic E-state index is 5.53. The molecule has 0 aromatic heterocycles. The largest absolute Gasteiger partial charge is 0.370 e. The summed E-state index contributed by atoms with van der Waals surface area (Å²) in [7, 11) is 20.5. The zero-order valence-corrected chi connectivity index (χ0v) is 96.0. The van der Waals surface area contributed by atoms with E-state index in [0.717, 1.165) is 5.92 Å². The minimum Gasteiger partial charge on any atom is -0.370 e. The third-order valence-corrected chi connectivity index (χ3v) is 13.3. The van der Waals surface area contributed by atoms with Gasteiger partial charge >= 0.3 is 0 Å². The van der Waals surface area contributed by atoms with Gasteiger partial charge in [-0.05, 0) is 199 Å². The summed E-state index contributed by atoms with van der Waals surface area (Å²) in [4.78, 5) is 0. The van der Waals surface area contributed by atoms with E-state index in [2.05, 4.69) is 235 Å². The van der Waals surface area contributed by atoms with Crippen molar-refractivity contribution in [2.75, 3.05) is 0 Å². The van der Waals surface area contributed by atoms with Crippen molar-refractivity contribution < 1.29 is 4.74 Å². The average molecular weight is 1330 g/mol. The molecule has 5 rings (SSSR count). The van der Waals surface area contributed by atoms with Crippen LogP contribution >= 0.6 is 0 Å². The van der Waals surface area contributed by atoms with Crippen LogP contribution in [-0.4, -0.2) is 213 Å². The number of benzene rings is 3. The number of ether oxygens (including phenoxy) is 1. The smallest absolute Gasteiger partial charge is 0.0997 e. The van der Waals surface area contributed by atoms with Gasteiger partial charge in [0.15, 0.2) is 0 Å². The third kappa shape index (κ3) is 105. The molecule has 3 aromatic carbocycles. The fraction of sp³-hybridized carbons (Fsp3) is 0.640. The van der Waals surface area contributed by atoms with E-state index in [9.17, 15) is 0 Å². The molecule has 0 radical (unpaired) electrons. The minimum atomic E-state index is -0.919. The predicted molar refractivity (Wildman–Crippen MR) is 444 cm³/mol. The number of hydrogen-bond acceptors (Lipinski definition) is 1. The molecule has 1 nitrogen and oxygen atoms in total. The number of hydrogen-bond donors (Lipinski definition) is 0. The Labute approximate surface area is 514 Å². The van der Waals surface area contributed by atoms with Crippen molar-refractivity contribution in [2.45, 2.75) is 202 Å². The molecule has 1 saturated heterocycles. The number of rotatable bonds is 6. The first-order chi connectivity index (χ1) is 34.9. The normalized spacial score (nSPS) is 12.3. The van der Waals surface area contributed by atoms with E-state index in [0.29, 0.717) is 12.2 Å². The van der Waals surface area contributed by atoms with Crippen molar-refractivity contribution in [2.24, 2.45) is 5.92 Å². The topological polar surface area (TPSA) is 12.5 Å². The molecule has 21 heteroatoms. The molecule has 0 amide bonds. The van der Waals surface area contributed by atoms with Crippen LogP contribution in [0.25, 0.3) is 0 Å². The molecule has 0 bridgehead atoms. The Morgan fingerprint density at radius 1 is 0.352 bits per heavy atom. The van der Waals surface area contributed by atoms with Gasteiger partial charge in [0, 0.05) is 8.80 Å². The van der Waals surface area contributed by atoms with Gasteiger partial charge in [0.05, 0.1) is 29.8 Å². The molecule has 1 aliphatic heterocycles. The van der Waals surface area contributed by atoms with Crippen molar-refractivity contribution in [3.63, 3.8) is 0 Å². The van der Waals surface area contributed by atoms with Gasteiger partial charge in [-0.2, -0.15) is 0 Å². The highest BCUT2D eigenvalue weighted by Gasteiger charge is 2.43. The lowest BCUT2D eigenvalue weighted by molar-refractivity contribution is 0.357. The van der Waals surface area contributed by atoms with E-state index in [1.54, 1.807) is 11.2 Å². The molecule has 1 heterocycles. The average Bonchev–Trinajstić information content (AvgIpc) is 4.32. The van der Waals surface area contributed by atoms with Crippen LogP contribution in [0.3, 0.4) is 0 Å². The Morgan fingerprint density at radius 2 is 0.592 bits per heavy atom. The molecular formula is C50H154OSi20. The molecule has 440 valence electrons. The SMILES string of the molecule is CC.C[SiH3].C[SiH3].C[SiH3].C[SiH3].C[SiH3].C[SiH3].C[SiH3].C[SiH3].C[SiH3].C[SiH3].C[SiH3].C[SiH3].C[SiH3].C[SiH3].C[SiH3].C[SiH3].C[SiH3].C[SiH](C)CCC1CCC2OC2C1.C[SiH](C)c1ccccc1.C[SiH](c1ccccc1)c1ccccc1. The Morgan fingerprint density at radius 3 is 0.789 bits per heavy atom. The minimum absolute atomic E-state index is 0.289. The van der Waals surface area contributed by atoms with Crippen LogP contribution in [0.15, 0.2) is 91.0 Å². The summed E-state index contributed by atoms with van der Waals surface area (Å²) in [6, 6.07) is 33.9. The monoisotopic (exact) mass is 1330 g/mol. The third-order valence-electron chi connectivity index (χ3n) is 7.33. The Hall–Kier alpha value is 1.96. The van der Waals surface area contributed by atoms with Gasteiger partial charge in [-0.15, -0.1) is 0 Å². The lowest BCUT2D eigenvalue weighted by Gasteiger charge is -2.19. The van der Waals surface area contributed by atoms with Gasteiger partial charge in [-0.3, -0.25) is 0 Å². The van der Waals surface area contributed by atoms with Crippen molar-refractivity contribution in [1.82, 2.24) is 0 Å². The first kappa shape index (κ1) is 116. The molecule has 2 fully saturated rings. The van der Waals surface area contributed by atoms with E-state index >= 15 is 0 Å². The van der Waals surface area contributed by atoms with Crippen molar-refractivity contribution in [3.05, 3.63) is 91.0 Å². The second-order valence-electron chi connectivity index (χ2n) is 11.0. The number of epoxide rings is 1. The maximum absolute atomic E-state index is 5.53. The van der Waals surface area contributed by atoms with Gasteiger partial charge in [0.1, 0.15) is 0 Å². The van der Waals surface area contributed by atoms with Crippen molar-refractivity contribution in [1.29, 1.82) is 0 Å². The molecule has 2 aliphatic rings. The van der Waals surface area contributed by atoms with E-state index in [-0.39, 0.29) is 8.80 Å². The fourth-order valence-electron chi connectivity index (χ4n) is 4.83. The molecular weight excluding hydrogens is 1180 g/mol. The van der Waals surface area contributed by atoms with Gasteiger partial charge in [-0.1, -0.05) is 277 Å². The molecule has 1 saturated carbocycles. The lowest BCUT2D eigenvalue weighted by Crippen LogP contribution is -2.38. The molecule has 3 aromatic rings. The summed E-state index contributed by atoms with van der Waals surface area (Å²) >= 11 is 0. The summed E-state index contributed by atoms with van der Waals surface area (Å²) in [5.41, 5.74) is 0. The molecule has 3 unspecified atom stereocenters. The van der Waals surface area contributed by atoms with Crippen LogP contribution in [-0.2, 0) is 4.74 Å². The Balaban J connectivity index is -0.0000000349. The summed E-state index contributed by atoms with van der Waals surface area (Å²) in [5, 5.41) is 4.58. The van der Waals surface area contributed by atoms with E-state index < -0.39 is 17.6 Å². The quantitative estimate of drug-likeness (QED) is 0.183. The molecule has 1 aliphatic carbocycles. The first-order valence-corrected chi connectivity index (χ1v) is 74.1. The highest BCUT2D eigenvalue weighted by molar-refractivity contribution is 6.84. The van der Waals surface area contributed by atoms with Crippen molar-refractivity contribution >= 4 is 216 Å². The van der Waals surface area contributed by atoms with E-state index in [1.807, 2.05) is 13.8 Å². The van der Waals surface area contributed by atoms with E-state index in [1.165, 1.54) is 210 Å². The Bertz CT molecular complexity index is 954. The lowest BCUT2D eigenvalue weighted by atomic mass is 9.88. The summed E-state index contributed by atoms with van der Waals surface area (Å²) in [6.07, 6.45) is 7.06. The zero-order valence-electron chi connectivity index (χ0n) is 58.6. The van der Waals surface area contributed by atoms with Crippen LogP contribution in [0.2, 0.25) is 150 Å². The van der Waals surface area contributed by atoms with Crippen molar-refractivity contribution in [3.8, 4) is 0 Å². The molecule has 71 heavy (non-hydrogen) atoms. The van der Waals surface area contributed by atoms with Gasteiger partial charge in [0.2, 0.25) is 0 Å². The number of fused-ring (bicyclic) bond motifs is 1. The predicted octanol–water partition coefficient (Wildman–Crippen LogP) is -3.71. The first-order valence-electron chi connectivity index (χ1n) is 31.7. The van der Waals surface area contributed by atoms with Crippen LogP contribution in [0.4, 0.5) is 0 Å². The highest BCUT2D eigenvalue weighted by atomic mass is 28.3.